The summed E-state index contributed by atoms with van der Waals surface area (Å²) in [4.78, 5) is 2.34. The molecule has 0 aliphatic carbocycles. The van der Waals surface area contributed by atoms with Gasteiger partial charge in [-0.25, -0.2) is 0 Å². The van der Waals surface area contributed by atoms with Gasteiger partial charge in [0.05, 0.1) is 10.4 Å². The molecule has 3 heteroatoms. The van der Waals surface area contributed by atoms with Gasteiger partial charge in [-0.1, -0.05) is 90.5 Å². The molecule has 0 N–H and O–H groups in total. The van der Waals surface area contributed by atoms with Crippen molar-refractivity contribution in [2.24, 2.45) is 0 Å². The molecule has 158 valence electrons. The molecular weight excluding hydrogens is 442 g/mol. The number of nitrogens with zero attached hydrogens (tertiary/aromatic N) is 1. The molecule has 33 heavy (non-hydrogen) atoms. The van der Waals surface area contributed by atoms with E-state index in [9.17, 15) is 0 Å². The molecule has 0 aliphatic heterocycles. The minimum Gasteiger partial charge on any atom is -0.309 e. The Morgan fingerprint density at radius 3 is 1.97 bits per heavy atom. The van der Waals surface area contributed by atoms with E-state index in [4.69, 9.17) is 11.6 Å². The number of hydrogen-bond donors (Lipinski definition) is 0. The van der Waals surface area contributed by atoms with Crippen LogP contribution in [-0.2, 0) is 0 Å². The zero-order valence-corrected chi connectivity index (χ0v) is 19.4. The van der Waals surface area contributed by atoms with E-state index >= 15 is 0 Å². The van der Waals surface area contributed by atoms with Gasteiger partial charge in [-0.05, 0) is 53.6 Å². The number of para-hydroxylation sites is 1. The first-order valence-corrected chi connectivity index (χ1v) is 12.1. The Kier molecular flexibility index (Phi) is 5.10. The average Bonchev–Trinajstić information content (AvgIpc) is 3.24. The molecule has 0 amide bonds. The predicted molar refractivity (Wildman–Crippen MR) is 144 cm³/mol. The van der Waals surface area contributed by atoms with E-state index in [1.165, 1.54) is 37.0 Å². The Hall–Kier alpha value is -3.59. The fraction of sp³-hybridized carbons (Fsp3) is 0. The second-order valence-corrected chi connectivity index (χ2v) is 9.47. The minimum atomic E-state index is 0.770. The molecule has 0 saturated heterocycles. The van der Waals surface area contributed by atoms with Crippen LogP contribution in [0.4, 0.5) is 17.1 Å². The Bertz CT molecular complexity index is 1550. The van der Waals surface area contributed by atoms with Gasteiger partial charge >= 0.3 is 0 Å². The van der Waals surface area contributed by atoms with E-state index in [0.29, 0.717) is 0 Å². The second kappa shape index (κ2) is 8.40. The van der Waals surface area contributed by atoms with Crippen molar-refractivity contribution in [2.45, 2.75) is 0 Å². The van der Waals surface area contributed by atoms with Gasteiger partial charge in [0.15, 0.2) is 0 Å². The second-order valence-electron chi connectivity index (χ2n) is 7.98. The number of halogens is 1. The molecule has 1 nitrogen and oxygen atoms in total. The summed E-state index contributed by atoms with van der Waals surface area (Å²) < 4.78 is 2.46. The van der Waals surface area contributed by atoms with E-state index in [1.54, 1.807) is 11.3 Å². The predicted octanol–water partition coefficient (Wildman–Crippen LogP) is 9.84. The molecule has 6 rings (SSSR count). The monoisotopic (exact) mass is 461 g/mol. The Morgan fingerprint density at radius 2 is 1.21 bits per heavy atom. The van der Waals surface area contributed by atoms with Crippen molar-refractivity contribution < 1.29 is 0 Å². The van der Waals surface area contributed by atoms with Crippen molar-refractivity contribution >= 4 is 60.2 Å². The van der Waals surface area contributed by atoms with Gasteiger partial charge in [0.2, 0.25) is 0 Å². The van der Waals surface area contributed by atoms with Gasteiger partial charge in [0.1, 0.15) is 0 Å². The number of benzene rings is 5. The molecule has 0 aliphatic rings. The van der Waals surface area contributed by atoms with Gasteiger partial charge in [-0.2, -0.15) is 0 Å². The zero-order chi connectivity index (χ0) is 22.2. The average molecular weight is 462 g/mol. The molecule has 6 aromatic rings. The van der Waals surface area contributed by atoms with Crippen molar-refractivity contribution in [1.29, 1.82) is 0 Å². The van der Waals surface area contributed by atoms with Crippen LogP contribution in [0.2, 0.25) is 5.02 Å². The van der Waals surface area contributed by atoms with Crippen molar-refractivity contribution in [3.05, 3.63) is 126 Å². The van der Waals surface area contributed by atoms with Crippen LogP contribution in [0.25, 0.3) is 31.3 Å². The molecule has 0 spiro atoms. The molecule has 5 aromatic carbocycles. The van der Waals surface area contributed by atoms with Gasteiger partial charge in [0.25, 0.3) is 0 Å². The maximum atomic E-state index is 6.30. The summed E-state index contributed by atoms with van der Waals surface area (Å²) in [6.45, 7) is 0. The molecular formula is C30H20ClNS. The highest BCUT2D eigenvalue weighted by atomic mass is 35.5. The number of hydrogen-bond acceptors (Lipinski definition) is 2. The van der Waals surface area contributed by atoms with Crippen LogP contribution in [0.5, 0.6) is 0 Å². The van der Waals surface area contributed by atoms with Gasteiger partial charge < -0.3 is 4.90 Å². The molecule has 0 radical (unpaired) electrons. The van der Waals surface area contributed by atoms with Gasteiger partial charge in [-0.15, -0.1) is 11.3 Å². The lowest BCUT2D eigenvalue weighted by Crippen LogP contribution is -2.09. The first-order chi connectivity index (χ1) is 16.3. The highest BCUT2D eigenvalue weighted by Crippen LogP contribution is 2.45. The van der Waals surface area contributed by atoms with Gasteiger partial charge in [-0.3, -0.25) is 0 Å². The Labute approximate surface area is 202 Å². The van der Waals surface area contributed by atoms with Crippen LogP contribution >= 0.6 is 22.9 Å². The van der Waals surface area contributed by atoms with E-state index in [0.717, 1.165) is 16.4 Å². The maximum Gasteiger partial charge on any atom is 0.0640 e. The maximum absolute atomic E-state index is 6.30. The lowest BCUT2D eigenvalue weighted by atomic mass is 10.0. The summed E-state index contributed by atoms with van der Waals surface area (Å²) in [6, 6.07) is 42.6. The molecule has 0 saturated carbocycles. The summed E-state index contributed by atoms with van der Waals surface area (Å²) in [6.07, 6.45) is 0. The highest BCUT2D eigenvalue weighted by Gasteiger charge is 2.18. The summed E-state index contributed by atoms with van der Waals surface area (Å²) in [5.41, 5.74) is 5.86. The van der Waals surface area contributed by atoms with Crippen LogP contribution < -0.4 is 4.90 Å². The standard InChI is InChI=1S/C30H20ClNS/c31-23-16-19-26-27-12-7-13-28(30(27)33-29(26)20-23)32(24-10-5-2-6-11-24)25-17-14-22(15-18-25)21-8-3-1-4-9-21/h1-20H. The number of anilines is 3. The molecule has 1 heterocycles. The number of rotatable bonds is 4. The molecule has 1 aromatic heterocycles. The van der Waals surface area contributed by atoms with Crippen LogP contribution in [0.15, 0.2) is 121 Å². The van der Waals surface area contributed by atoms with Crippen molar-refractivity contribution in [3.63, 3.8) is 0 Å². The third-order valence-corrected chi connectivity index (χ3v) is 7.35. The third kappa shape index (κ3) is 3.68. The van der Waals surface area contributed by atoms with E-state index < -0.39 is 0 Å². The molecule has 0 fully saturated rings. The molecule has 0 unspecified atom stereocenters. The third-order valence-electron chi connectivity index (χ3n) is 5.93. The highest BCUT2D eigenvalue weighted by molar-refractivity contribution is 7.26. The Morgan fingerprint density at radius 1 is 0.545 bits per heavy atom. The first-order valence-electron chi connectivity index (χ1n) is 10.9. The number of thiophene rings is 1. The SMILES string of the molecule is Clc1ccc2c(c1)sc1c(N(c3ccccc3)c3ccc(-c4ccccc4)cc3)cccc12. The molecule has 0 bridgehead atoms. The van der Waals surface area contributed by atoms with E-state index in [2.05, 4.69) is 114 Å². The Balaban J connectivity index is 1.54. The van der Waals surface area contributed by atoms with Crippen molar-refractivity contribution in [1.82, 2.24) is 0 Å². The summed E-state index contributed by atoms with van der Waals surface area (Å²) in [7, 11) is 0. The topological polar surface area (TPSA) is 3.24 Å². The quantitative estimate of drug-likeness (QED) is 0.252. The van der Waals surface area contributed by atoms with E-state index in [-0.39, 0.29) is 0 Å². The van der Waals surface area contributed by atoms with Crippen LogP contribution in [0, 0.1) is 0 Å². The smallest absolute Gasteiger partial charge is 0.0640 e. The van der Waals surface area contributed by atoms with Crippen LogP contribution in [-0.4, -0.2) is 0 Å². The lowest BCUT2D eigenvalue weighted by molar-refractivity contribution is 1.30. The summed E-state index contributed by atoms with van der Waals surface area (Å²) in [5.74, 6) is 0. The van der Waals surface area contributed by atoms with Crippen molar-refractivity contribution in [3.8, 4) is 11.1 Å². The minimum absolute atomic E-state index is 0.770. The fourth-order valence-electron chi connectivity index (χ4n) is 4.37. The lowest BCUT2D eigenvalue weighted by Gasteiger charge is -2.26. The van der Waals surface area contributed by atoms with E-state index in [1.807, 2.05) is 12.1 Å². The largest absolute Gasteiger partial charge is 0.309 e. The fourth-order valence-corrected chi connectivity index (χ4v) is 5.85. The van der Waals surface area contributed by atoms with Crippen LogP contribution in [0.3, 0.4) is 0 Å². The van der Waals surface area contributed by atoms with Crippen molar-refractivity contribution in [2.75, 3.05) is 4.90 Å². The van der Waals surface area contributed by atoms with Crippen LogP contribution in [0.1, 0.15) is 0 Å². The number of fused-ring (bicyclic) bond motifs is 3. The zero-order valence-electron chi connectivity index (χ0n) is 17.8. The normalized spacial score (nSPS) is 11.2. The first kappa shape index (κ1) is 20.0. The van der Waals surface area contributed by atoms with Gasteiger partial charge in [0, 0.05) is 31.9 Å². The summed E-state index contributed by atoms with van der Waals surface area (Å²) in [5, 5.41) is 3.27. The summed E-state index contributed by atoms with van der Waals surface area (Å²) >= 11 is 8.10. The molecule has 0 atom stereocenters.